The van der Waals surface area contributed by atoms with Crippen LogP contribution in [0.5, 0.6) is 0 Å². The van der Waals surface area contributed by atoms with Crippen LogP contribution in [-0.2, 0) is 0 Å². The van der Waals surface area contributed by atoms with Crippen molar-refractivity contribution in [1.82, 2.24) is 4.90 Å². The van der Waals surface area contributed by atoms with E-state index in [0.29, 0.717) is 37.5 Å². The molecule has 1 aromatic rings. The van der Waals surface area contributed by atoms with Crippen molar-refractivity contribution >= 4 is 23.3 Å². The van der Waals surface area contributed by atoms with Gasteiger partial charge >= 0.3 is 6.03 Å². The first-order valence-electron chi connectivity index (χ1n) is 7.21. The lowest BCUT2D eigenvalue weighted by Crippen LogP contribution is -2.49. The number of anilines is 1. The van der Waals surface area contributed by atoms with Gasteiger partial charge in [-0.3, -0.25) is 0 Å². The number of nitrogens with zero attached hydrogens (tertiary/aromatic N) is 1. The molecule has 0 aromatic heterocycles. The number of carbonyl (C=O) groups is 1. The number of amides is 2. The van der Waals surface area contributed by atoms with Gasteiger partial charge in [-0.2, -0.15) is 0 Å². The zero-order chi connectivity index (χ0) is 15.0. The number of nitrogens with one attached hydrogen (secondary N) is 1. The van der Waals surface area contributed by atoms with Gasteiger partial charge in [-0.1, -0.05) is 11.6 Å². The Bertz CT molecular complexity index is 534. The number of piperidine rings is 1. The third kappa shape index (κ3) is 3.30. The smallest absolute Gasteiger partial charge is 0.321 e. The van der Waals surface area contributed by atoms with Gasteiger partial charge < -0.3 is 15.3 Å². The molecule has 1 aromatic carbocycles. The fourth-order valence-corrected chi connectivity index (χ4v) is 3.18. The van der Waals surface area contributed by atoms with Gasteiger partial charge in [-0.05, 0) is 49.8 Å². The summed E-state index contributed by atoms with van der Waals surface area (Å²) in [7, 11) is 0. The summed E-state index contributed by atoms with van der Waals surface area (Å²) in [6.45, 7) is 1.03. The molecule has 1 aliphatic carbocycles. The van der Waals surface area contributed by atoms with Crippen LogP contribution in [-0.4, -0.2) is 34.7 Å². The lowest BCUT2D eigenvalue weighted by atomic mass is 9.87. The highest BCUT2D eigenvalue weighted by molar-refractivity contribution is 6.30. The highest BCUT2D eigenvalue weighted by Crippen LogP contribution is 2.45. The molecule has 2 amide bonds. The highest BCUT2D eigenvalue weighted by Gasteiger charge is 2.45. The Morgan fingerprint density at radius 3 is 2.57 bits per heavy atom. The molecule has 1 saturated carbocycles. The summed E-state index contributed by atoms with van der Waals surface area (Å²) in [5, 5.41) is 13.3. The molecule has 2 aliphatic rings. The molecule has 1 saturated heterocycles. The van der Waals surface area contributed by atoms with E-state index in [-0.39, 0.29) is 11.1 Å². The molecule has 0 atom stereocenters. The number of benzene rings is 1. The number of rotatable bonds is 2. The average molecular weight is 313 g/mol. The largest absolute Gasteiger partial charge is 0.389 e. The second-order valence-corrected chi connectivity index (χ2v) is 6.39. The summed E-state index contributed by atoms with van der Waals surface area (Å²) in [6, 6.07) is 3.64. The van der Waals surface area contributed by atoms with Crippen LogP contribution in [0.25, 0.3) is 0 Å². The Labute approximate surface area is 127 Å². The number of likely N-dealkylation sites (tertiary alicyclic amines) is 1. The Morgan fingerprint density at radius 2 is 2.00 bits per heavy atom. The third-order valence-corrected chi connectivity index (χ3v) is 4.59. The zero-order valence-electron chi connectivity index (χ0n) is 11.6. The van der Waals surface area contributed by atoms with Gasteiger partial charge in [0.15, 0.2) is 0 Å². The van der Waals surface area contributed by atoms with Gasteiger partial charge in [0.2, 0.25) is 0 Å². The van der Waals surface area contributed by atoms with Crippen molar-refractivity contribution < 1.29 is 14.3 Å². The summed E-state index contributed by atoms with van der Waals surface area (Å²) >= 11 is 5.76. The molecule has 0 radical (unpaired) electrons. The molecule has 114 valence electrons. The van der Waals surface area contributed by atoms with Crippen LogP contribution < -0.4 is 5.32 Å². The van der Waals surface area contributed by atoms with E-state index in [1.165, 1.54) is 18.2 Å². The van der Waals surface area contributed by atoms with E-state index in [0.717, 1.165) is 12.8 Å². The number of hydrogen-bond donors (Lipinski definition) is 2. The maximum absolute atomic E-state index is 13.2. The Hall–Kier alpha value is -1.33. The van der Waals surface area contributed by atoms with Gasteiger partial charge in [-0.15, -0.1) is 0 Å². The molecule has 0 unspecified atom stereocenters. The molecule has 3 rings (SSSR count). The van der Waals surface area contributed by atoms with E-state index in [1.807, 2.05) is 0 Å². The molecule has 1 aliphatic heterocycles. The van der Waals surface area contributed by atoms with Crippen LogP contribution >= 0.6 is 11.6 Å². The van der Waals surface area contributed by atoms with E-state index in [9.17, 15) is 14.3 Å². The predicted octanol–water partition coefficient (Wildman–Crippen LogP) is 3.25. The summed E-state index contributed by atoms with van der Waals surface area (Å²) in [5.41, 5.74) is -0.258. The fourth-order valence-electron chi connectivity index (χ4n) is 2.95. The van der Waals surface area contributed by atoms with E-state index >= 15 is 0 Å². The van der Waals surface area contributed by atoms with Crippen LogP contribution in [0.15, 0.2) is 18.2 Å². The number of urea groups is 1. The first-order chi connectivity index (χ1) is 9.96. The summed E-state index contributed by atoms with van der Waals surface area (Å²) < 4.78 is 13.2. The second-order valence-electron chi connectivity index (χ2n) is 5.95. The van der Waals surface area contributed by atoms with Crippen LogP contribution in [0.4, 0.5) is 14.9 Å². The molecule has 6 heteroatoms. The average Bonchev–Trinajstić information content (AvgIpc) is 3.22. The molecule has 21 heavy (non-hydrogen) atoms. The normalized spacial score (nSPS) is 21.2. The maximum atomic E-state index is 13.2. The van der Waals surface area contributed by atoms with E-state index < -0.39 is 11.4 Å². The van der Waals surface area contributed by atoms with E-state index in [4.69, 9.17) is 11.6 Å². The van der Waals surface area contributed by atoms with Gasteiger partial charge in [0, 0.05) is 23.8 Å². The Balaban J connectivity index is 1.59. The van der Waals surface area contributed by atoms with Crippen molar-refractivity contribution in [2.45, 2.75) is 31.3 Å². The molecular weight excluding hydrogens is 295 g/mol. The first kappa shape index (κ1) is 14.6. The van der Waals surface area contributed by atoms with Crippen LogP contribution in [0.3, 0.4) is 0 Å². The van der Waals surface area contributed by atoms with Gasteiger partial charge in [-0.25, -0.2) is 9.18 Å². The number of hydrogen-bond acceptors (Lipinski definition) is 2. The SMILES string of the molecule is O=C(Nc1cc(F)cc(Cl)c1)N1CCC(O)(C2CC2)CC1. The predicted molar refractivity (Wildman–Crippen MR) is 78.9 cm³/mol. The molecule has 1 heterocycles. The van der Waals surface area contributed by atoms with Crippen molar-refractivity contribution in [3.8, 4) is 0 Å². The molecule has 0 bridgehead atoms. The van der Waals surface area contributed by atoms with Crippen molar-refractivity contribution in [3.63, 3.8) is 0 Å². The Kier molecular flexibility index (Phi) is 3.80. The monoisotopic (exact) mass is 312 g/mol. The maximum Gasteiger partial charge on any atom is 0.321 e. The van der Waals surface area contributed by atoms with Gasteiger partial charge in [0.05, 0.1) is 5.60 Å². The molecule has 0 spiro atoms. The third-order valence-electron chi connectivity index (χ3n) is 4.37. The number of aliphatic hydroxyl groups is 1. The van der Waals surface area contributed by atoms with Gasteiger partial charge in [0.1, 0.15) is 5.82 Å². The second kappa shape index (κ2) is 5.46. The Morgan fingerprint density at radius 1 is 1.33 bits per heavy atom. The fraction of sp³-hybridized carbons (Fsp3) is 0.533. The van der Waals surface area contributed by atoms with Crippen molar-refractivity contribution in [1.29, 1.82) is 0 Å². The summed E-state index contributed by atoms with van der Waals surface area (Å²) in [5.74, 6) is -0.0794. The van der Waals surface area contributed by atoms with Gasteiger partial charge in [0.25, 0.3) is 0 Å². The molecule has 2 fully saturated rings. The van der Waals surface area contributed by atoms with Crippen LogP contribution in [0.2, 0.25) is 5.02 Å². The van der Waals surface area contributed by atoms with Crippen LogP contribution in [0.1, 0.15) is 25.7 Å². The van der Waals surface area contributed by atoms with E-state index in [1.54, 1.807) is 4.90 Å². The lowest BCUT2D eigenvalue weighted by molar-refractivity contribution is -0.0297. The quantitative estimate of drug-likeness (QED) is 0.881. The highest BCUT2D eigenvalue weighted by atomic mass is 35.5. The topological polar surface area (TPSA) is 52.6 Å². The van der Waals surface area contributed by atoms with Crippen molar-refractivity contribution in [2.24, 2.45) is 5.92 Å². The molecule has 2 N–H and O–H groups in total. The standard InChI is InChI=1S/C15H18ClFN2O2/c16-11-7-12(17)9-13(8-11)18-14(20)19-5-3-15(21,4-6-19)10-1-2-10/h7-10,21H,1-6H2,(H,18,20). The van der Waals surface area contributed by atoms with Crippen LogP contribution in [0, 0.1) is 11.7 Å². The minimum Gasteiger partial charge on any atom is -0.389 e. The molecular formula is C15H18ClFN2O2. The van der Waals surface area contributed by atoms with E-state index in [2.05, 4.69) is 5.32 Å². The lowest BCUT2D eigenvalue weighted by Gasteiger charge is -2.38. The number of halogens is 2. The summed E-state index contributed by atoms with van der Waals surface area (Å²) in [4.78, 5) is 13.8. The van der Waals surface area contributed by atoms with Crippen molar-refractivity contribution in [2.75, 3.05) is 18.4 Å². The molecule has 4 nitrogen and oxygen atoms in total. The summed E-state index contributed by atoms with van der Waals surface area (Å²) in [6.07, 6.45) is 3.39. The minimum absolute atomic E-state index is 0.243. The number of carbonyl (C=O) groups excluding carboxylic acids is 1. The zero-order valence-corrected chi connectivity index (χ0v) is 12.4. The first-order valence-corrected chi connectivity index (χ1v) is 7.58. The van der Waals surface area contributed by atoms with Crippen molar-refractivity contribution in [3.05, 3.63) is 29.0 Å². The minimum atomic E-state index is -0.598.